The van der Waals surface area contributed by atoms with Gasteiger partial charge in [-0.05, 0) is 17.7 Å². The topological polar surface area (TPSA) is 158 Å². The number of rotatable bonds is 5. The Morgan fingerprint density at radius 3 is 2.68 bits per heavy atom. The third-order valence-corrected chi connectivity index (χ3v) is 3.58. The molecule has 25 heavy (non-hydrogen) atoms. The van der Waals surface area contributed by atoms with Crippen LogP contribution in [0.2, 0.25) is 0 Å². The van der Waals surface area contributed by atoms with E-state index in [9.17, 15) is 24.5 Å². The summed E-state index contributed by atoms with van der Waals surface area (Å²) in [6.07, 6.45) is 0.0775. The van der Waals surface area contributed by atoms with E-state index in [1.165, 1.54) is 35.4 Å². The van der Waals surface area contributed by atoms with Crippen molar-refractivity contribution in [3.8, 4) is 0 Å². The maximum atomic E-state index is 11.9. The van der Waals surface area contributed by atoms with Gasteiger partial charge in [0.25, 0.3) is 11.6 Å². The number of hydrazone groups is 1. The van der Waals surface area contributed by atoms with Crippen molar-refractivity contribution in [3.05, 3.63) is 39.9 Å². The second kappa shape index (κ2) is 6.43. The zero-order valence-corrected chi connectivity index (χ0v) is 12.6. The van der Waals surface area contributed by atoms with E-state index in [1.54, 1.807) is 0 Å². The van der Waals surface area contributed by atoms with Crippen LogP contribution in [-0.2, 0) is 4.79 Å². The Bertz CT molecular complexity index is 763. The molecule has 130 valence electrons. The predicted molar refractivity (Wildman–Crippen MR) is 83.3 cm³/mol. The lowest BCUT2D eigenvalue weighted by atomic mass is 10.2. The van der Waals surface area contributed by atoms with E-state index in [0.717, 1.165) is 0 Å². The average Bonchev–Trinajstić information content (AvgIpc) is 3.05. The molecule has 1 aromatic carbocycles. The summed E-state index contributed by atoms with van der Waals surface area (Å²) in [5, 5.41) is 21.8. The second-order valence-corrected chi connectivity index (χ2v) is 5.26. The Kier molecular flexibility index (Phi) is 4.16. The average molecular weight is 347 g/mol. The number of amides is 5. The number of nitrogens with zero attached hydrogens (tertiary/aromatic N) is 3. The van der Waals surface area contributed by atoms with E-state index in [1.807, 2.05) is 0 Å². The van der Waals surface area contributed by atoms with Crippen LogP contribution >= 0.6 is 0 Å². The number of benzene rings is 1. The summed E-state index contributed by atoms with van der Waals surface area (Å²) in [7, 11) is 0. The Hall–Kier alpha value is -3.70. The first-order valence-corrected chi connectivity index (χ1v) is 7.14. The number of nitro groups is 1. The number of hydrogen-bond acceptors (Lipinski definition) is 6. The van der Waals surface area contributed by atoms with Crippen molar-refractivity contribution in [2.45, 2.75) is 12.3 Å². The standard InChI is InChI=1S/C13H13N7O5/c21-9(6-19-11-10(16-13(19)23)15-12(22)17-11)18-14-5-7-1-3-8(4-2-7)20(24)25/h1-5,10-11H,6H2,(H,16,23)(H,18,21)(H2,15,17,22). The highest BCUT2D eigenvalue weighted by molar-refractivity contribution is 5.89. The van der Waals surface area contributed by atoms with Crippen molar-refractivity contribution >= 4 is 29.9 Å². The van der Waals surface area contributed by atoms with Crippen LogP contribution in [0.1, 0.15) is 5.56 Å². The molecular formula is C13H13N7O5. The summed E-state index contributed by atoms with van der Waals surface area (Å²) in [6.45, 7) is -0.299. The molecule has 3 rings (SSSR count). The number of nitro benzene ring substituents is 1. The first kappa shape index (κ1) is 16.2. The second-order valence-electron chi connectivity index (χ2n) is 5.26. The highest BCUT2D eigenvalue weighted by Gasteiger charge is 2.45. The van der Waals surface area contributed by atoms with Crippen molar-refractivity contribution in [1.82, 2.24) is 26.3 Å². The van der Waals surface area contributed by atoms with Gasteiger partial charge in [-0.3, -0.25) is 19.8 Å². The fourth-order valence-corrected chi connectivity index (χ4v) is 2.42. The van der Waals surface area contributed by atoms with Gasteiger partial charge in [-0.2, -0.15) is 5.10 Å². The molecule has 2 saturated heterocycles. The molecule has 2 heterocycles. The molecule has 0 radical (unpaired) electrons. The van der Waals surface area contributed by atoms with Gasteiger partial charge in [-0.15, -0.1) is 0 Å². The summed E-state index contributed by atoms with van der Waals surface area (Å²) in [6, 6.07) is 4.66. The Balaban J connectivity index is 1.53. The third kappa shape index (κ3) is 3.46. The lowest BCUT2D eigenvalue weighted by molar-refractivity contribution is -0.384. The fourth-order valence-electron chi connectivity index (χ4n) is 2.42. The molecular weight excluding hydrogens is 334 g/mol. The Morgan fingerprint density at radius 1 is 1.28 bits per heavy atom. The van der Waals surface area contributed by atoms with E-state index >= 15 is 0 Å². The molecule has 2 atom stereocenters. The van der Waals surface area contributed by atoms with Crippen molar-refractivity contribution in [3.63, 3.8) is 0 Å². The molecule has 12 nitrogen and oxygen atoms in total. The zero-order valence-electron chi connectivity index (χ0n) is 12.6. The maximum Gasteiger partial charge on any atom is 0.321 e. The Labute approximate surface area is 140 Å². The molecule has 1 aromatic rings. The van der Waals surface area contributed by atoms with Crippen molar-refractivity contribution in [2.24, 2.45) is 5.10 Å². The number of hydrogen-bond donors (Lipinski definition) is 4. The summed E-state index contributed by atoms with van der Waals surface area (Å²) in [5.41, 5.74) is 2.75. The van der Waals surface area contributed by atoms with Crippen LogP contribution in [-0.4, -0.2) is 52.9 Å². The molecule has 0 saturated carbocycles. The van der Waals surface area contributed by atoms with Crippen LogP contribution in [0.3, 0.4) is 0 Å². The molecule has 2 aliphatic heterocycles. The summed E-state index contributed by atoms with van der Waals surface area (Å²) < 4.78 is 0. The SMILES string of the molecule is O=C(CN1C(=O)NC2NC(=O)NC21)NN=Cc1ccc([N+](=O)[O-])cc1. The van der Waals surface area contributed by atoms with Crippen molar-refractivity contribution in [1.29, 1.82) is 0 Å². The molecule has 4 N–H and O–H groups in total. The smallest absolute Gasteiger partial charge is 0.314 e. The lowest BCUT2D eigenvalue weighted by Crippen LogP contribution is -2.47. The molecule has 2 aliphatic rings. The number of urea groups is 2. The van der Waals surface area contributed by atoms with Gasteiger partial charge in [0.2, 0.25) is 0 Å². The summed E-state index contributed by atoms with van der Waals surface area (Å²) >= 11 is 0. The number of carbonyl (C=O) groups excluding carboxylic acids is 3. The number of carbonyl (C=O) groups is 3. The van der Waals surface area contributed by atoms with Crippen molar-refractivity contribution in [2.75, 3.05) is 6.54 Å². The minimum Gasteiger partial charge on any atom is -0.314 e. The van der Waals surface area contributed by atoms with E-state index in [4.69, 9.17) is 0 Å². The highest BCUT2D eigenvalue weighted by atomic mass is 16.6. The number of non-ortho nitro benzene ring substituents is 1. The molecule has 12 heteroatoms. The molecule has 0 aromatic heterocycles. The number of nitrogens with one attached hydrogen (secondary N) is 4. The quantitative estimate of drug-likeness (QED) is 0.306. The molecule has 2 fully saturated rings. The van der Waals surface area contributed by atoms with Crippen LogP contribution in [0.5, 0.6) is 0 Å². The van der Waals surface area contributed by atoms with Crippen LogP contribution in [0.15, 0.2) is 29.4 Å². The van der Waals surface area contributed by atoms with Gasteiger partial charge in [0.15, 0.2) is 0 Å². The van der Waals surface area contributed by atoms with Gasteiger partial charge in [0.1, 0.15) is 18.9 Å². The third-order valence-electron chi connectivity index (χ3n) is 3.58. The fraction of sp³-hybridized carbons (Fsp3) is 0.231. The predicted octanol–water partition coefficient (Wildman–Crippen LogP) is -0.965. The molecule has 0 bridgehead atoms. The molecule has 0 aliphatic carbocycles. The van der Waals surface area contributed by atoms with Gasteiger partial charge < -0.3 is 16.0 Å². The van der Waals surface area contributed by atoms with Gasteiger partial charge in [0.05, 0.1) is 11.1 Å². The summed E-state index contributed by atoms with van der Waals surface area (Å²) in [5.74, 6) is -0.560. The van der Waals surface area contributed by atoms with E-state index in [2.05, 4.69) is 26.5 Å². The number of fused-ring (bicyclic) bond motifs is 1. The van der Waals surface area contributed by atoms with Gasteiger partial charge in [0, 0.05) is 12.1 Å². The first-order chi connectivity index (χ1) is 11.9. The van der Waals surface area contributed by atoms with Crippen LogP contribution in [0.4, 0.5) is 15.3 Å². The molecule has 5 amide bonds. The van der Waals surface area contributed by atoms with Gasteiger partial charge in [-0.25, -0.2) is 15.0 Å². The zero-order chi connectivity index (χ0) is 18.0. The van der Waals surface area contributed by atoms with Crippen LogP contribution < -0.4 is 21.4 Å². The monoisotopic (exact) mass is 347 g/mol. The minimum atomic E-state index is -0.649. The largest absolute Gasteiger partial charge is 0.321 e. The van der Waals surface area contributed by atoms with Crippen molar-refractivity contribution < 1.29 is 19.3 Å². The summed E-state index contributed by atoms with van der Waals surface area (Å²) in [4.78, 5) is 46.1. The van der Waals surface area contributed by atoms with E-state index in [0.29, 0.717) is 5.56 Å². The van der Waals surface area contributed by atoms with Crippen LogP contribution in [0.25, 0.3) is 0 Å². The highest BCUT2D eigenvalue weighted by Crippen LogP contribution is 2.13. The van der Waals surface area contributed by atoms with E-state index in [-0.39, 0.29) is 12.2 Å². The lowest BCUT2D eigenvalue weighted by Gasteiger charge is -2.19. The van der Waals surface area contributed by atoms with Gasteiger partial charge >= 0.3 is 12.1 Å². The Morgan fingerprint density at radius 2 is 2.00 bits per heavy atom. The molecule has 2 unspecified atom stereocenters. The van der Waals surface area contributed by atoms with Gasteiger partial charge in [-0.1, -0.05) is 0 Å². The van der Waals surface area contributed by atoms with E-state index < -0.39 is 35.2 Å². The molecule has 0 spiro atoms. The van der Waals surface area contributed by atoms with Crippen LogP contribution in [0, 0.1) is 10.1 Å². The first-order valence-electron chi connectivity index (χ1n) is 7.14. The maximum absolute atomic E-state index is 11.9. The normalized spacial score (nSPS) is 21.5. The minimum absolute atomic E-state index is 0.0528.